The van der Waals surface area contributed by atoms with E-state index in [-0.39, 0.29) is 11.4 Å². The first-order valence-electron chi connectivity index (χ1n) is 8.31. The third-order valence-electron chi connectivity index (χ3n) is 4.41. The molecular weight excluding hydrogens is 430 g/mol. The summed E-state index contributed by atoms with van der Waals surface area (Å²) < 4.78 is 27.6. The van der Waals surface area contributed by atoms with Crippen LogP contribution in [-0.2, 0) is 10.0 Å². The van der Waals surface area contributed by atoms with Crippen molar-refractivity contribution in [2.45, 2.75) is 18.1 Å². The molecule has 0 N–H and O–H groups in total. The molecule has 0 fully saturated rings. The summed E-state index contributed by atoms with van der Waals surface area (Å²) in [5, 5.41) is 0.507. The van der Waals surface area contributed by atoms with E-state index in [2.05, 4.69) is 20.9 Å². The first kappa shape index (κ1) is 19.6. The van der Waals surface area contributed by atoms with Gasteiger partial charge in [0.1, 0.15) is 4.75 Å². The molecule has 2 heterocycles. The Labute approximate surface area is 167 Å². The van der Waals surface area contributed by atoms with Crippen LogP contribution < -0.4 is 0 Å². The number of rotatable bonds is 5. The van der Waals surface area contributed by atoms with Crippen LogP contribution in [0.4, 0.5) is 0 Å². The lowest BCUT2D eigenvalue weighted by molar-refractivity contribution is 0.104. The highest BCUT2D eigenvalue weighted by molar-refractivity contribution is 9.11. The number of ketones is 1. The SMILES string of the molecule is CN(C)C=CC(=O)c1cn(S(=O)(=O)C2(C)C=C(Br)C=CC2)c2ncccc12. The van der Waals surface area contributed by atoms with Crippen molar-refractivity contribution < 1.29 is 13.2 Å². The van der Waals surface area contributed by atoms with Crippen LogP contribution in [0.15, 0.2) is 59.5 Å². The molecule has 0 bridgehead atoms. The van der Waals surface area contributed by atoms with Gasteiger partial charge in [0.2, 0.25) is 10.0 Å². The number of carbonyl (C=O) groups excluding carboxylic acids is 1. The second-order valence-corrected chi connectivity index (χ2v) is 10.0. The maximum absolute atomic E-state index is 13.5. The Balaban J connectivity index is 2.19. The highest BCUT2D eigenvalue weighted by Crippen LogP contribution is 2.35. The van der Waals surface area contributed by atoms with Crippen molar-refractivity contribution >= 4 is 42.8 Å². The summed E-state index contributed by atoms with van der Waals surface area (Å²) in [6.07, 6.45) is 11.6. The Morgan fingerprint density at radius 2 is 2.15 bits per heavy atom. The number of nitrogens with zero attached hydrogens (tertiary/aromatic N) is 3. The van der Waals surface area contributed by atoms with Crippen molar-refractivity contribution in [3.05, 3.63) is 65.1 Å². The van der Waals surface area contributed by atoms with Crippen molar-refractivity contribution in [3.8, 4) is 0 Å². The Morgan fingerprint density at radius 1 is 1.41 bits per heavy atom. The van der Waals surface area contributed by atoms with Crippen molar-refractivity contribution in [2.24, 2.45) is 0 Å². The summed E-state index contributed by atoms with van der Waals surface area (Å²) in [6, 6.07) is 3.40. The number of aromatic nitrogens is 2. The predicted octanol–water partition coefficient (Wildman–Crippen LogP) is 3.47. The van der Waals surface area contributed by atoms with Gasteiger partial charge in [-0.25, -0.2) is 17.4 Å². The van der Waals surface area contributed by atoms with Crippen molar-refractivity contribution in [2.75, 3.05) is 14.1 Å². The number of fused-ring (bicyclic) bond motifs is 1. The summed E-state index contributed by atoms with van der Waals surface area (Å²) in [6.45, 7) is 1.66. The monoisotopic (exact) mass is 449 g/mol. The number of pyridine rings is 1. The zero-order valence-electron chi connectivity index (χ0n) is 15.3. The molecule has 2 aromatic heterocycles. The Hall–Kier alpha value is -2.19. The van der Waals surface area contributed by atoms with Gasteiger partial charge in [0, 0.05) is 48.6 Å². The Kier molecular flexibility index (Phi) is 5.14. The minimum absolute atomic E-state index is 0.249. The van der Waals surface area contributed by atoms with Crippen LogP contribution in [0, 0.1) is 0 Å². The Morgan fingerprint density at radius 3 is 2.81 bits per heavy atom. The topological polar surface area (TPSA) is 72.3 Å². The molecule has 0 aliphatic heterocycles. The molecule has 1 aliphatic carbocycles. The van der Waals surface area contributed by atoms with Gasteiger partial charge in [-0.1, -0.05) is 28.1 Å². The van der Waals surface area contributed by atoms with Crippen molar-refractivity contribution in [1.29, 1.82) is 0 Å². The van der Waals surface area contributed by atoms with Crippen molar-refractivity contribution in [3.63, 3.8) is 0 Å². The van der Waals surface area contributed by atoms with Gasteiger partial charge in [0.15, 0.2) is 11.4 Å². The first-order valence-corrected chi connectivity index (χ1v) is 10.5. The maximum Gasteiger partial charge on any atom is 0.249 e. The van der Waals surface area contributed by atoms with Crippen LogP contribution >= 0.6 is 15.9 Å². The normalized spacial score (nSPS) is 20.2. The molecule has 0 spiro atoms. The zero-order chi connectivity index (χ0) is 19.8. The molecule has 27 heavy (non-hydrogen) atoms. The summed E-state index contributed by atoms with van der Waals surface area (Å²) >= 11 is 3.36. The molecule has 3 rings (SSSR count). The number of carbonyl (C=O) groups is 1. The second-order valence-electron chi connectivity index (χ2n) is 6.81. The zero-order valence-corrected chi connectivity index (χ0v) is 17.7. The van der Waals surface area contributed by atoms with E-state index in [0.29, 0.717) is 21.9 Å². The molecule has 0 amide bonds. The van der Waals surface area contributed by atoms with Gasteiger partial charge in [0.05, 0.1) is 5.56 Å². The first-order chi connectivity index (χ1) is 12.7. The van der Waals surface area contributed by atoms with Gasteiger partial charge >= 0.3 is 0 Å². The van der Waals surface area contributed by atoms with E-state index >= 15 is 0 Å². The van der Waals surface area contributed by atoms with E-state index in [1.807, 2.05) is 12.2 Å². The lowest BCUT2D eigenvalue weighted by Gasteiger charge is -2.27. The van der Waals surface area contributed by atoms with E-state index in [1.54, 1.807) is 50.3 Å². The standard InChI is InChI=1S/C19H20BrN3O3S/c1-19(9-4-6-14(20)12-19)27(25,26)23-13-16(17(24)8-11-22(2)3)15-7-5-10-21-18(15)23/h4-8,10-13H,9H2,1-3H3. The fraction of sp³-hybridized carbons (Fsp3) is 0.263. The molecule has 142 valence electrons. The lowest BCUT2D eigenvalue weighted by Crippen LogP contribution is -2.38. The molecule has 0 saturated carbocycles. The molecule has 6 nitrogen and oxygen atoms in total. The third-order valence-corrected chi connectivity index (χ3v) is 7.17. The van der Waals surface area contributed by atoms with E-state index in [0.717, 1.165) is 3.97 Å². The third kappa shape index (κ3) is 3.51. The minimum Gasteiger partial charge on any atom is -0.383 e. The van der Waals surface area contributed by atoms with Crippen LogP contribution in [0.25, 0.3) is 11.0 Å². The summed E-state index contributed by atoms with van der Waals surface area (Å²) in [5.74, 6) is -0.277. The second kappa shape index (κ2) is 7.09. The molecule has 8 heteroatoms. The average Bonchev–Trinajstić information content (AvgIpc) is 3.00. The van der Waals surface area contributed by atoms with E-state index < -0.39 is 14.8 Å². The van der Waals surface area contributed by atoms with Crippen molar-refractivity contribution in [1.82, 2.24) is 13.9 Å². The largest absolute Gasteiger partial charge is 0.383 e. The van der Waals surface area contributed by atoms with Crippen LogP contribution in [0.5, 0.6) is 0 Å². The average molecular weight is 450 g/mol. The van der Waals surface area contributed by atoms with E-state index in [4.69, 9.17) is 0 Å². The van der Waals surface area contributed by atoms with E-state index in [9.17, 15) is 13.2 Å². The minimum atomic E-state index is -3.86. The van der Waals surface area contributed by atoms with E-state index in [1.165, 1.54) is 18.5 Å². The number of allylic oxidation sites excluding steroid dienone is 4. The Bertz CT molecular complexity index is 1100. The molecule has 0 radical (unpaired) electrons. The fourth-order valence-electron chi connectivity index (χ4n) is 2.93. The van der Waals surface area contributed by atoms with Gasteiger partial charge in [0.25, 0.3) is 0 Å². The predicted molar refractivity (Wildman–Crippen MR) is 110 cm³/mol. The van der Waals surface area contributed by atoms with Gasteiger partial charge < -0.3 is 4.90 Å². The lowest BCUT2D eigenvalue weighted by atomic mass is 10.0. The molecule has 2 aromatic rings. The molecule has 0 saturated heterocycles. The highest BCUT2D eigenvalue weighted by atomic mass is 79.9. The fourth-order valence-corrected chi connectivity index (χ4v) is 5.42. The quantitative estimate of drug-likeness (QED) is 0.516. The van der Waals surface area contributed by atoms with Crippen LogP contribution in [0.3, 0.4) is 0 Å². The molecular formula is C19H20BrN3O3S. The maximum atomic E-state index is 13.5. The van der Waals surface area contributed by atoms with Crippen LogP contribution in [0.1, 0.15) is 23.7 Å². The smallest absolute Gasteiger partial charge is 0.249 e. The molecule has 0 aromatic carbocycles. The number of hydrogen-bond acceptors (Lipinski definition) is 5. The number of hydrogen-bond donors (Lipinski definition) is 0. The molecule has 1 aliphatic rings. The van der Waals surface area contributed by atoms with Gasteiger partial charge in [-0.3, -0.25) is 4.79 Å². The summed E-state index contributed by atoms with van der Waals surface area (Å²) in [4.78, 5) is 18.6. The van der Waals surface area contributed by atoms with Gasteiger partial charge in [-0.15, -0.1) is 0 Å². The highest BCUT2D eigenvalue weighted by Gasteiger charge is 2.40. The summed E-state index contributed by atoms with van der Waals surface area (Å²) in [5.41, 5.74) is 0.553. The van der Waals surface area contributed by atoms with Gasteiger partial charge in [-0.2, -0.15) is 0 Å². The van der Waals surface area contributed by atoms with Crippen LogP contribution in [0.2, 0.25) is 0 Å². The number of halogens is 1. The molecule has 1 unspecified atom stereocenters. The van der Waals surface area contributed by atoms with Gasteiger partial charge in [-0.05, 0) is 31.6 Å². The summed E-state index contributed by atoms with van der Waals surface area (Å²) in [7, 11) is -0.243. The van der Waals surface area contributed by atoms with Crippen LogP contribution in [-0.4, -0.2) is 46.9 Å². The molecule has 1 atom stereocenters.